The molecule has 2 aromatic carbocycles. The smallest absolute Gasteiger partial charge is 0.207 e. The third-order valence-electron chi connectivity index (χ3n) is 3.57. The monoisotopic (exact) mass is 328 g/mol. The molecule has 0 saturated heterocycles. The first-order valence-corrected chi connectivity index (χ1v) is 8.27. The van der Waals surface area contributed by atoms with E-state index in [0.717, 1.165) is 27.5 Å². The summed E-state index contributed by atoms with van der Waals surface area (Å²) in [5, 5.41) is 12.8. The first-order valence-electron chi connectivity index (χ1n) is 7.28. The maximum Gasteiger partial charge on any atom is 0.214 e. The molecule has 1 aromatic heterocycles. The zero-order chi connectivity index (χ0) is 16.4. The molecule has 23 heavy (non-hydrogen) atoms. The van der Waals surface area contributed by atoms with Gasteiger partial charge in [0, 0.05) is 5.75 Å². The number of thioether (sulfide) groups is 1. The van der Waals surface area contributed by atoms with Crippen LogP contribution in [0.3, 0.4) is 0 Å². The summed E-state index contributed by atoms with van der Waals surface area (Å²) >= 11 is 1.53. The minimum Gasteiger partial charge on any atom is -0.207 e. The molecule has 0 N–H and O–H groups in total. The topological polar surface area (TPSA) is 43.6 Å². The Kier molecular flexibility index (Phi) is 4.43. The fraction of sp³-hybridized carbons (Fsp3) is 0.235. The van der Waals surface area contributed by atoms with Gasteiger partial charge in [-0.3, -0.25) is 0 Å². The molecule has 0 spiro atoms. The largest absolute Gasteiger partial charge is 0.214 e. The Morgan fingerprint density at radius 2 is 1.70 bits per heavy atom. The molecule has 0 radical (unpaired) electrons. The van der Waals surface area contributed by atoms with Crippen molar-refractivity contribution in [3.63, 3.8) is 0 Å². The first-order chi connectivity index (χ1) is 11.0. The van der Waals surface area contributed by atoms with Crippen LogP contribution in [0.5, 0.6) is 0 Å². The van der Waals surface area contributed by atoms with Crippen molar-refractivity contribution in [3.8, 4) is 5.69 Å². The molecular weight excluding hydrogens is 311 g/mol. The summed E-state index contributed by atoms with van der Waals surface area (Å²) in [4.78, 5) is 0. The molecule has 0 aliphatic heterocycles. The lowest BCUT2D eigenvalue weighted by Gasteiger charge is -2.12. The molecule has 0 amide bonds. The summed E-state index contributed by atoms with van der Waals surface area (Å²) in [5.41, 5.74) is 5.54. The predicted molar refractivity (Wildman–Crippen MR) is 89.3 cm³/mol. The Morgan fingerprint density at radius 3 is 2.35 bits per heavy atom. The zero-order valence-electron chi connectivity index (χ0n) is 13.2. The van der Waals surface area contributed by atoms with Crippen molar-refractivity contribution in [1.29, 1.82) is 0 Å². The Bertz CT molecular complexity index is 804. The second kappa shape index (κ2) is 6.50. The third kappa shape index (κ3) is 3.42. The van der Waals surface area contributed by atoms with Crippen LogP contribution in [0.1, 0.15) is 22.3 Å². The highest BCUT2D eigenvalue weighted by molar-refractivity contribution is 7.98. The molecule has 4 nitrogen and oxygen atoms in total. The second-order valence-electron chi connectivity index (χ2n) is 5.54. The molecule has 118 valence electrons. The number of benzene rings is 2. The van der Waals surface area contributed by atoms with Crippen LogP contribution in [-0.4, -0.2) is 20.2 Å². The fourth-order valence-electron chi connectivity index (χ4n) is 2.64. The van der Waals surface area contributed by atoms with Gasteiger partial charge in [-0.1, -0.05) is 41.6 Å². The summed E-state index contributed by atoms with van der Waals surface area (Å²) in [6.07, 6.45) is 0. The maximum absolute atomic E-state index is 13.0. The van der Waals surface area contributed by atoms with Crippen LogP contribution in [0, 0.1) is 26.6 Å². The highest BCUT2D eigenvalue weighted by Gasteiger charge is 2.14. The molecule has 0 bridgehead atoms. The summed E-state index contributed by atoms with van der Waals surface area (Å²) in [5.74, 6) is 0.458. The zero-order valence-corrected chi connectivity index (χ0v) is 14.1. The molecule has 0 aliphatic rings. The van der Waals surface area contributed by atoms with E-state index in [1.54, 1.807) is 16.8 Å². The van der Waals surface area contributed by atoms with Crippen LogP contribution in [0.4, 0.5) is 4.39 Å². The van der Waals surface area contributed by atoms with E-state index in [2.05, 4.69) is 48.4 Å². The van der Waals surface area contributed by atoms with E-state index in [0.29, 0.717) is 5.75 Å². The van der Waals surface area contributed by atoms with E-state index in [-0.39, 0.29) is 5.82 Å². The van der Waals surface area contributed by atoms with Gasteiger partial charge in [0.15, 0.2) is 0 Å². The predicted octanol–water partition coefficient (Wildman–Crippen LogP) is 4.02. The van der Waals surface area contributed by atoms with Gasteiger partial charge < -0.3 is 0 Å². The summed E-state index contributed by atoms with van der Waals surface area (Å²) < 4.78 is 14.7. The molecule has 6 heteroatoms. The Morgan fingerprint density at radius 1 is 1.04 bits per heavy atom. The van der Waals surface area contributed by atoms with Gasteiger partial charge in [0.1, 0.15) is 5.82 Å². The average molecular weight is 328 g/mol. The van der Waals surface area contributed by atoms with Crippen molar-refractivity contribution in [1.82, 2.24) is 20.2 Å². The number of aryl methyl sites for hydroxylation is 3. The van der Waals surface area contributed by atoms with E-state index >= 15 is 0 Å². The Balaban J connectivity index is 1.87. The van der Waals surface area contributed by atoms with Crippen LogP contribution in [0.2, 0.25) is 0 Å². The van der Waals surface area contributed by atoms with Gasteiger partial charge in [-0.05, 0) is 60.0 Å². The van der Waals surface area contributed by atoms with Gasteiger partial charge in [0.2, 0.25) is 5.16 Å². The third-order valence-corrected chi connectivity index (χ3v) is 4.56. The van der Waals surface area contributed by atoms with Crippen LogP contribution in [0.15, 0.2) is 41.6 Å². The quantitative estimate of drug-likeness (QED) is 0.679. The molecule has 0 unspecified atom stereocenters. The van der Waals surface area contributed by atoms with Crippen LogP contribution < -0.4 is 0 Å². The Hall–Kier alpha value is -2.21. The molecule has 0 saturated carbocycles. The van der Waals surface area contributed by atoms with E-state index < -0.39 is 0 Å². The number of halogens is 1. The number of nitrogens with zero attached hydrogens (tertiary/aromatic N) is 4. The van der Waals surface area contributed by atoms with Crippen molar-refractivity contribution >= 4 is 11.8 Å². The minimum atomic E-state index is -0.227. The summed E-state index contributed by atoms with van der Waals surface area (Å²) in [7, 11) is 0. The summed E-state index contributed by atoms with van der Waals surface area (Å²) in [6.45, 7) is 6.20. The minimum absolute atomic E-state index is 0.227. The lowest BCUT2D eigenvalue weighted by molar-refractivity contribution is 0.627. The molecular formula is C17H17FN4S. The average Bonchev–Trinajstić information content (AvgIpc) is 2.94. The van der Waals surface area contributed by atoms with Crippen molar-refractivity contribution < 1.29 is 4.39 Å². The van der Waals surface area contributed by atoms with Crippen LogP contribution in [0.25, 0.3) is 5.69 Å². The van der Waals surface area contributed by atoms with Crippen LogP contribution >= 0.6 is 11.8 Å². The molecule has 0 atom stereocenters. The van der Waals surface area contributed by atoms with E-state index in [1.807, 2.05) is 0 Å². The van der Waals surface area contributed by atoms with Gasteiger partial charge in [0.05, 0.1) is 5.69 Å². The lowest BCUT2D eigenvalue weighted by Crippen LogP contribution is -2.04. The maximum atomic E-state index is 13.0. The second-order valence-corrected chi connectivity index (χ2v) is 6.48. The van der Waals surface area contributed by atoms with Crippen LogP contribution in [-0.2, 0) is 5.75 Å². The number of hydrogen-bond donors (Lipinski definition) is 0. The van der Waals surface area contributed by atoms with Gasteiger partial charge in [-0.25, -0.2) is 4.39 Å². The Labute approximate surface area is 138 Å². The van der Waals surface area contributed by atoms with E-state index in [1.165, 1.54) is 29.5 Å². The summed E-state index contributed by atoms with van der Waals surface area (Å²) in [6, 6.07) is 10.7. The van der Waals surface area contributed by atoms with E-state index in [4.69, 9.17) is 0 Å². The number of rotatable bonds is 4. The lowest BCUT2D eigenvalue weighted by atomic mass is 10.1. The SMILES string of the molecule is Cc1cc(C)c(-n2nnnc2SCc2ccc(F)cc2)c(C)c1. The number of aromatic nitrogens is 4. The molecule has 3 rings (SSSR count). The standard InChI is InChI=1S/C17H17FN4S/c1-11-8-12(2)16(13(3)9-11)22-17(19-20-21-22)23-10-14-4-6-15(18)7-5-14/h4-9H,10H2,1-3H3. The molecule has 0 fully saturated rings. The first kappa shape index (κ1) is 15.7. The highest BCUT2D eigenvalue weighted by Crippen LogP contribution is 2.26. The van der Waals surface area contributed by atoms with Gasteiger partial charge >= 0.3 is 0 Å². The number of tetrazole rings is 1. The molecule has 0 aliphatic carbocycles. The van der Waals surface area contributed by atoms with E-state index in [9.17, 15) is 4.39 Å². The van der Waals surface area contributed by atoms with Crippen molar-refractivity contribution in [2.24, 2.45) is 0 Å². The van der Waals surface area contributed by atoms with Crippen molar-refractivity contribution in [2.45, 2.75) is 31.7 Å². The number of hydrogen-bond acceptors (Lipinski definition) is 4. The fourth-order valence-corrected chi connectivity index (χ4v) is 3.48. The normalized spacial score (nSPS) is 11.0. The van der Waals surface area contributed by atoms with Gasteiger partial charge in [-0.15, -0.1) is 5.10 Å². The van der Waals surface area contributed by atoms with Crippen molar-refractivity contribution in [3.05, 3.63) is 64.5 Å². The molecule has 1 heterocycles. The highest BCUT2D eigenvalue weighted by atomic mass is 32.2. The van der Waals surface area contributed by atoms with Crippen molar-refractivity contribution in [2.75, 3.05) is 0 Å². The van der Waals surface area contributed by atoms with Gasteiger partial charge in [0.25, 0.3) is 0 Å². The molecule has 3 aromatic rings. The van der Waals surface area contributed by atoms with Gasteiger partial charge in [-0.2, -0.15) is 4.68 Å².